The van der Waals surface area contributed by atoms with Crippen LogP contribution in [0.15, 0.2) is 30.3 Å². The van der Waals surface area contributed by atoms with Gasteiger partial charge in [0.25, 0.3) is 0 Å². The van der Waals surface area contributed by atoms with Crippen molar-refractivity contribution in [3.8, 4) is 0 Å². The Bertz CT molecular complexity index is 582. The molecule has 0 aliphatic heterocycles. The van der Waals surface area contributed by atoms with E-state index in [4.69, 9.17) is 23.2 Å². The molecule has 0 amide bonds. The van der Waals surface area contributed by atoms with E-state index >= 15 is 0 Å². The minimum Gasteiger partial charge on any atom is -0.384 e. The zero-order valence-electron chi connectivity index (χ0n) is 10.5. The van der Waals surface area contributed by atoms with Crippen molar-refractivity contribution >= 4 is 23.2 Å². The highest BCUT2D eigenvalue weighted by Crippen LogP contribution is 2.29. The van der Waals surface area contributed by atoms with E-state index in [-0.39, 0.29) is 5.82 Å². The van der Waals surface area contributed by atoms with Crippen LogP contribution in [0.5, 0.6) is 0 Å². The Morgan fingerprint density at radius 3 is 1.79 bits per heavy atom. The molecule has 2 aromatic rings. The van der Waals surface area contributed by atoms with E-state index in [0.29, 0.717) is 32.3 Å². The van der Waals surface area contributed by atoms with E-state index in [2.05, 4.69) is 0 Å². The molecule has 1 N–H and O–H groups in total. The number of aryl methyl sites for hydroxylation is 2. The van der Waals surface area contributed by atoms with E-state index in [1.165, 1.54) is 0 Å². The molecule has 0 spiro atoms. The van der Waals surface area contributed by atoms with E-state index in [1.54, 1.807) is 44.2 Å². The van der Waals surface area contributed by atoms with Gasteiger partial charge in [-0.25, -0.2) is 4.39 Å². The zero-order chi connectivity index (χ0) is 14.2. The summed E-state index contributed by atoms with van der Waals surface area (Å²) in [4.78, 5) is 0. The third kappa shape index (κ3) is 3.08. The number of rotatable bonds is 2. The van der Waals surface area contributed by atoms with Crippen LogP contribution in [0.4, 0.5) is 4.39 Å². The predicted octanol–water partition coefficient (Wildman–Crippen LogP) is 4.83. The van der Waals surface area contributed by atoms with Crippen molar-refractivity contribution in [3.63, 3.8) is 0 Å². The molecule has 0 aliphatic rings. The molecule has 1 nitrogen and oxygen atoms in total. The molecule has 2 aromatic carbocycles. The first kappa shape index (κ1) is 14.3. The Kier molecular flexibility index (Phi) is 4.14. The molecule has 0 fully saturated rings. The quantitative estimate of drug-likeness (QED) is 0.842. The van der Waals surface area contributed by atoms with Gasteiger partial charge in [-0.2, -0.15) is 0 Å². The van der Waals surface area contributed by atoms with Crippen molar-refractivity contribution in [2.45, 2.75) is 20.0 Å². The topological polar surface area (TPSA) is 20.2 Å². The molecular weight excluding hydrogens is 286 g/mol. The van der Waals surface area contributed by atoms with Crippen LogP contribution in [0.1, 0.15) is 28.4 Å². The van der Waals surface area contributed by atoms with Gasteiger partial charge in [-0.1, -0.05) is 35.3 Å². The maximum absolute atomic E-state index is 13.6. The SMILES string of the molecule is Cc1cc(C(O)c2cc(Cl)cc(Cl)c2)cc(C)c1F. The monoisotopic (exact) mass is 298 g/mol. The molecule has 0 aliphatic carbocycles. The molecule has 19 heavy (non-hydrogen) atoms. The standard InChI is InChI=1S/C15H13Cl2FO/c1-8-3-10(4-9(2)14(8)18)15(19)11-5-12(16)7-13(17)6-11/h3-7,15,19H,1-2H3. The lowest BCUT2D eigenvalue weighted by Gasteiger charge is -2.14. The minimum absolute atomic E-state index is 0.250. The summed E-state index contributed by atoms with van der Waals surface area (Å²) in [6.07, 6.45) is -0.880. The van der Waals surface area contributed by atoms with Crippen molar-refractivity contribution in [3.05, 3.63) is 68.4 Å². The normalized spacial score (nSPS) is 12.5. The summed E-state index contributed by atoms with van der Waals surface area (Å²) >= 11 is 11.8. The van der Waals surface area contributed by atoms with Gasteiger partial charge < -0.3 is 5.11 Å². The number of benzene rings is 2. The molecule has 0 bridgehead atoms. The maximum Gasteiger partial charge on any atom is 0.129 e. The van der Waals surface area contributed by atoms with Crippen LogP contribution in [0.2, 0.25) is 10.0 Å². The second-order valence-corrected chi connectivity index (χ2v) is 5.45. The van der Waals surface area contributed by atoms with E-state index in [0.717, 1.165) is 0 Å². The summed E-state index contributed by atoms with van der Waals surface area (Å²) in [6.45, 7) is 3.34. The average molecular weight is 299 g/mol. The molecular formula is C15H13Cl2FO. The van der Waals surface area contributed by atoms with Gasteiger partial charge >= 0.3 is 0 Å². The lowest BCUT2D eigenvalue weighted by atomic mass is 9.97. The van der Waals surface area contributed by atoms with Gasteiger partial charge in [0, 0.05) is 10.0 Å². The molecule has 0 heterocycles. The van der Waals surface area contributed by atoms with Gasteiger partial charge in [0.15, 0.2) is 0 Å². The molecule has 4 heteroatoms. The van der Waals surface area contributed by atoms with Crippen LogP contribution in [0.25, 0.3) is 0 Å². The van der Waals surface area contributed by atoms with E-state index < -0.39 is 6.10 Å². The molecule has 1 unspecified atom stereocenters. The third-order valence-corrected chi connectivity index (χ3v) is 3.41. The van der Waals surface area contributed by atoms with Gasteiger partial charge in [0.05, 0.1) is 0 Å². The molecule has 100 valence electrons. The zero-order valence-corrected chi connectivity index (χ0v) is 12.1. The minimum atomic E-state index is -0.880. The van der Waals surface area contributed by atoms with Crippen LogP contribution in [0, 0.1) is 19.7 Å². The first-order valence-corrected chi connectivity index (χ1v) is 6.55. The number of halogens is 3. The summed E-state index contributed by atoms with van der Waals surface area (Å²) in [5.41, 5.74) is 2.21. The molecule has 0 radical (unpaired) electrons. The summed E-state index contributed by atoms with van der Waals surface area (Å²) in [7, 11) is 0. The largest absolute Gasteiger partial charge is 0.384 e. The number of hydrogen-bond donors (Lipinski definition) is 1. The lowest BCUT2D eigenvalue weighted by Crippen LogP contribution is -2.02. The van der Waals surface area contributed by atoms with Gasteiger partial charge in [-0.3, -0.25) is 0 Å². The van der Waals surface area contributed by atoms with Crippen molar-refractivity contribution < 1.29 is 9.50 Å². The average Bonchev–Trinajstić information content (AvgIpc) is 2.33. The van der Waals surface area contributed by atoms with Crippen LogP contribution in [-0.4, -0.2) is 5.11 Å². The first-order chi connectivity index (χ1) is 8.88. The summed E-state index contributed by atoms with van der Waals surface area (Å²) in [6, 6.07) is 8.14. The van der Waals surface area contributed by atoms with Crippen molar-refractivity contribution in [2.75, 3.05) is 0 Å². The van der Waals surface area contributed by atoms with Gasteiger partial charge in [0.1, 0.15) is 11.9 Å². The van der Waals surface area contributed by atoms with Crippen LogP contribution in [-0.2, 0) is 0 Å². The summed E-state index contributed by atoms with van der Waals surface area (Å²) in [5.74, 6) is -0.250. The predicted molar refractivity (Wildman–Crippen MR) is 76.4 cm³/mol. The van der Waals surface area contributed by atoms with Crippen molar-refractivity contribution in [1.82, 2.24) is 0 Å². The molecule has 0 saturated heterocycles. The maximum atomic E-state index is 13.6. The Balaban J connectivity index is 2.46. The number of hydrogen-bond acceptors (Lipinski definition) is 1. The third-order valence-electron chi connectivity index (χ3n) is 2.98. The Hall–Kier alpha value is -1.09. The van der Waals surface area contributed by atoms with Crippen LogP contribution >= 0.6 is 23.2 Å². The van der Waals surface area contributed by atoms with Crippen molar-refractivity contribution in [2.24, 2.45) is 0 Å². The fraction of sp³-hybridized carbons (Fsp3) is 0.200. The summed E-state index contributed by atoms with van der Waals surface area (Å²) in [5, 5.41) is 11.3. The van der Waals surface area contributed by atoms with E-state index in [9.17, 15) is 9.50 Å². The number of aliphatic hydroxyl groups excluding tert-OH is 1. The van der Waals surface area contributed by atoms with Gasteiger partial charge in [-0.15, -0.1) is 0 Å². The highest BCUT2D eigenvalue weighted by Gasteiger charge is 2.14. The fourth-order valence-corrected chi connectivity index (χ4v) is 2.61. The Morgan fingerprint density at radius 1 is 0.895 bits per heavy atom. The Labute approximate surface area is 121 Å². The second-order valence-electron chi connectivity index (χ2n) is 4.57. The van der Waals surface area contributed by atoms with Gasteiger partial charge in [-0.05, 0) is 54.3 Å². The number of aliphatic hydroxyl groups is 1. The Morgan fingerprint density at radius 2 is 1.32 bits per heavy atom. The molecule has 2 rings (SSSR count). The molecule has 0 saturated carbocycles. The smallest absolute Gasteiger partial charge is 0.129 e. The summed E-state index contributed by atoms with van der Waals surface area (Å²) < 4.78 is 13.6. The second kappa shape index (κ2) is 5.49. The first-order valence-electron chi connectivity index (χ1n) is 5.79. The van der Waals surface area contributed by atoms with Crippen LogP contribution in [0.3, 0.4) is 0 Å². The van der Waals surface area contributed by atoms with E-state index in [1.807, 2.05) is 0 Å². The molecule has 0 aromatic heterocycles. The van der Waals surface area contributed by atoms with Gasteiger partial charge in [0.2, 0.25) is 0 Å². The lowest BCUT2D eigenvalue weighted by molar-refractivity contribution is 0.220. The van der Waals surface area contributed by atoms with Crippen molar-refractivity contribution in [1.29, 1.82) is 0 Å². The highest BCUT2D eigenvalue weighted by atomic mass is 35.5. The van der Waals surface area contributed by atoms with Crippen LogP contribution < -0.4 is 0 Å². The fourth-order valence-electron chi connectivity index (χ4n) is 2.06. The highest BCUT2D eigenvalue weighted by molar-refractivity contribution is 6.34. The molecule has 1 atom stereocenters.